The van der Waals surface area contributed by atoms with Crippen molar-refractivity contribution in [3.63, 3.8) is 0 Å². The van der Waals surface area contributed by atoms with Gasteiger partial charge in [-0.05, 0) is 74.6 Å². The van der Waals surface area contributed by atoms with Crippen LogP contribution in [0.4, 0.5) is 17.6 Å². The van der Waals surface area contributed by atoms with Crippen LogP contribution in [0.25, 0.3) is 0 Å². The highest BCUT2D eigenvalue weighted by molar-refractivity contribution is 5.97. The van der Waals surface area contributed by atoms with Crippen LogP contribution < -0.4 is 10.1 Å². The normalized spacial score (nSPS) is 18.1. The van der Waals surface area contributed by atoms with Crippen LogP contribution in [0, 0.1) is 11.7 Å². The van der Waals surface area contributed by atoms with E-state index in [9.17, 15) is 31.9 Å². The lowest BCUT2D eigenvalue weighted by Crippen LogP contribution is -2.27. The Morgan fingerprint density at radius 1 is 1.00 bits per heavy atom. The first-order valence-electron chi connectivity index (χ1n) is 11.2. The topological polar surface area (TPSA) is 92.7 Å². The summed E-state index contributed by atoms with van der Waals surface area (Å²) in [4.78, 5) is 35.5. The molecule has 0 atom stereocenters. The second-order valence-corrected chi connectivity index (χ2v) is 8.42. The van der Waals surface area contributed by atoms with Crippen molar-refractivity contribution in [2.24, 2.45) is 5.92 Å². The molecular weight excluding hydrogens is 470 g/mol. The number of benzene rings is 2. The molecule has 10 heteroatoms. The standard InChI is InChI=1S/C25H25F4NO5/c26-17-7-12-20(21(14-17)25(27,28)29)23(32)30-13-1-2-22(31)15-3-8-18(9-4-15)35-19-10-5-16(6-11-19)24(33)34/h3-4,7-9,12,14,16,19H,1-2,5-6,10-11,13H2,(H,30,32)(H,33,34). The third kappa shape index (κ3) is 7.27. The van der Waals surface area contributed by atoms with E-state index in [1.165, 1.54) is 0 Å². The van der Waals surface area contributed by atoms with Crippen molar-refractivity contribution in [1.29, 1.82) is 0 Å². The maximum absolute atomic E-state index is 13.2. The fourth-order valence-corrected chi connectivity index (χ4v) is 3.98. The number of amides is 1. The second kappa shape index (κ2) is 11.3. The zero-order valence-electron chi connectivity index (χ0n) is 18.7. The van der Waals surface area contributed by atoms with Crippen molar-refractivity contribution in [2.75, 3.05) is 6.54 Å². The van der Waals surface area contributed by atoms with Gasteiger partial charge < -0.3 is 15.2 Å². The summed E-state index contributed by atoms with van der Waals surface area (Å²) in [5, 5.41) is 11.4. The number of nitrogens with one attached hydrogen (secondary N) is 1. The molecule has 0 spiro atoms. The van der Waals surface area contributed by atoms with E-state index in [1.807, 2.05) is 0 Å². The number of hydrogen-bond acceptors (Lipinski definition) is 4. The van der Waals surface area contributed by atoms with Crippen molar-refractivity contribution in [1.82, 2.24) is 5.32 Å². The van der Waals surface area contributed by atoms with E-state index in [0.717, 1.165) is 12.1 Å². The van der Waals surface area contributed by atoms with E-state index in [4.69, 9.17) is 9.84 Å². The lowest BCUT2D eigenvalue weighted by atomic mass is 9.87. The quantitative estimate of drug-likeness (QED) is 0.281. The van der Waals surface area contributed by atoms with E-state index in [-0.39, 0.29) is 43.3 Å². The zero-order chi connectivity index (χ0) is 25.6. The molecular formula is C25H25F4NO5. The summed E-state index contributed by atoms with van der Waals surface area (Å²) in [6, 6.07) is 8.35. The summed E-state index contributed by atoms with van der Waals surface area (Å²) in [5.41, 5.74) is -1.61. The molecule has 2 aromatic carbocycles. The third-order valence-electron chi connectivity index (χ3n) is 5.90. The first-order valence-corrected chi connectivity index (χ1v) is 11.2. The number of carboxylic acids is 1. The van der Waals surface area contributed by atoms with Crippen LogP contribution in [-0.2, 0) is 11.0 Å². The Balaban J connectivity index is 1.44. The number of carbonyl (C=O) groups is 3. The van der Waals surface area contributed by atoms with Crippen LogP contribution in [0.5, 0.6) is 5.75 Å². The molecule has 2 N–H and O–H groups in total. The molecule has 6 nitrogen and oxygen atoms in total. The number of aliphatic carboxylic acids is 1. The Hall–Kier alpha value is -3.43. The molecule has 0 aromatic heterocycles. The van der Waals surface area contributed by atoms with Gasteiger partial charge in [-0.25, -0.2) is 4.39 Å². The third-order valence-corrected chi connectivity index (χ3v) is 5.90. The fraction of sp³-hybridized carbons (Fsp3) is 0.400. The Kier molecular flexibility index (Phi) is 8.48. The van der Waals surface area contributed by atoms with E-state index < -0.39 is 35.0 Å². The van der Waals surface area contributed by atoms with E-state index >= 15 is 0 Å². The number of alkyl halides is 3. The summed E-state index contributed by atoms with van der Waals surface area (Å²) in [7, 11) is 0. The summed E-state index contributed by atoms with van der Waals surface area (Å²) >= 11 is 0. The van der Waals surface area contributed by atoms with Gasteiger partial charge in [-0.3, -0.25) is 14.4 Å². The Morgan fingerprint density at radius 2 is 1.66 bits per heavy atom. The van der Waals surface area contributed by atoms with Crippen molar-refractivity contribution < 1.29 is 41.8 Å². The number of hydrogen-bond donors (Lipinski definition) is 2. The molecule has 2 aromatic rings. The van der Waals surface area contributed by atoms with E-state index in [1.54, 1.807) is 24.3 Å². The van der Waals surface area contributed by atoms with Crippen LogP contribution in [0.2, 0.25) is 0 Å². The number of rotatable bonds is 9. The first-order chi connectivity index (χ1) is 16.5. The average molecular weight is 495 g/mol. The van der Waals surface area contributed by atoms with Gasteiger partial charge in [-0.15, -0.1) is 0 Å². The van der Waals surface area contributed by atoms with Crippen molar-refractivity contribution in [3.05, 3.63) is 65.0 Å². The zero-order valence-corrected chi connectivity index (χ0v) is 18.7. The number of carboxylic acid groups (broad SMARTS) is 1. The highest BCUT2D eigenvalue weighted by Crippen LogP contribution is 2.32. The molecule has 1 fully saturated rings. The van der Waals surface area contributed by atoms with E-state index in [2.05, 4.69) is 5.32 Å². The van der Waals surface area contributed by atoms with Gasteiger partial charge in [0.25, 0.3) is 5.91 Å². The van der Waals surface area contributed by atoms with Crippen molar-refractivity contribution >= 4 is 17.7 Å². The molecule has 0 aliphatic heterocycles. The lowest BCUT2D eigenvalue weighted by molar-refractivity contribution is -0.143. The van der Waals surface area contributed by atoms with Gasteiger partial charge in [0.1, 0.15) is 11.6 Å². The molecule has 0 unspecified atom stereocenters. The van der Waals surface area contributed by atoms with Gasteiger partial charge in [0.05, 0.1) is 23.1 Å². The van der Waals surface area contributed by atoms with Crippen LogP contribution in [0.1, 0.15) is 64.8 Å². The predicted molar refractivity (Wildman–Crippen MR) is 118 cm³/mol. The molecule has 0 radical (unpaired) electrons. The molecule has 1 amide bonds. The minimum absolute atomic E-state index is 0.0283. The molecule has 3 rings (SSSR count). The molecule has 0 bridgehead atoms. The summed E-state index contributed by atoms with van der Waals surface area (Å²) in [6.07, 6.45) is -2.27. The summed E-state index contributed by atoms with van der Waals surface area (Å²) < 4.78 is 58.2. The molecule has 1 saturated carbocycles. The number of halogens is 4. The molecule has 1 aliphatic carbocycles. The molecule has 35 heavy (non-hydrogen) atoms. The predicted octanol–water partition coefficient (Wildman–Crippen LogP) is 5.26. The molecule has 1 aliphatic rings. The number of ketones is 1. The molecule has 0 saturated heterocycles. The smallest absolute Gasteiger partial charge is 0.417 e. The molecule has 0 heterocycles. The number of Topliss-reactive ketones (excluding diaryl/α,β-unsaturated/α-hetero) is 1. The number of ether oxygens (including phenoxy) is 1. The maximum Gasteiger partial charge on any atom is 0.417 e. The monoisotopic (exact) mass is 495 g/mol. The highest BCUT2D eigenvalue weighted by atomic mass is 19.4. The minimum Gasteiger partial charge on any atom is -0.490 e. The van der Waals surface area contributed by atoms with E-state index in [0.29, 0.717) is 37.0 Å². The maximum atomic E-state index is 13.2. The van der Waals surface area contributed by atoms with Crippen LogP contribution >= 0.6 is 0 Å². The second-order valence-electron chi connectivity index (χ2n) is 8.42. The van der Waals surface area contributed by atoms with Gasteiger partial charge in [-0.2, -0.15) is 13.2 Å². The van der Waals surface area contributed by atoms with Crippen molar-refractivity contribution in [3.8, 4) is 5.75 Å². The van der Waals surface area contributed by atoms with Gasteiger partial charge in [0.15, 0.2) is 5.78 Å². The average Bonchev–Trinajstić information content (AvgIpc) is 2.81. The summed E-state index contributed by atoms with van der Waals surface area (Å²) in [5.74, 6) is -2.84. The Morgan fingerprint density at radius 3 is 2.26 bits per heavy atom. The van der Waals surface area contributed by atoms with Crippen LogP contribution in [0.3, 0.4) is 0 Å². The van der Waals surface area contributed by atoms with Crippen LogP contribution in [-0.4, -0.2) is 35.4 Å². The fourth-order valence-electron chi connectivity index (χ4n) is 3.98. The minimum atomic E-state index is -4.88. The van der Waals surface area contributed by atoms with Gasteiger partial charge in [-0.1, -0.05) is 0 Å². The highest BCUT2D eigenvalue weighted by Gasteiger charge is 2.35. The van der Waals surface area contributed by atoms with Crippen LogP contribution in [0.15, 0.2) is 42.5 Å². The number of carbonyl (C=O) groups excluding carboxylic acids is 2. The Bertz CT molecular complexity index is 1060. The van der Waals surface area contributed by atoms with Crippen molar-refractivity contribution in [2.45, 2.75) is 50.8 Å². The Labute approximate surface area is 199 Å². The van der Waals surface area contributed by atoms with Gasteiger partial charge in [0, 0.05) is 18.5 Å². The molecule has 188 valence electrons. The van der Waals surface area contributed by atoms with Gasteiger partial charge >= 0.3 is 12.1 Å². The summed E-state index contributed by atoms with van der Waals surface area (Å²) in [6.45, 7) is -0.0283. The SMILES string of the molecule is O=C(CCCNC(=O)c1ccc(F)cc1C(F)(F)F)c1ccc(OC2CCC(C(=O)O)CC2)cc1. The first kappa shape index (κ1) is 26.2. The largest absolute Gasteiger partial charge is 0.490 e. The van der Waals surface area contributed by atoms with Gasteiger partial charge in [0.2, 0.25) is 0 Å². The lowest BCUT2D eigenvalue weighted by Gasteiger charge is -2.26.